The molecule has 1 aliphatic rings. The minimum Gasteiger partial charge on any atom is -0.252 e. The maximum atomic E-state index is 4.69. The van der Waals surface area contributed by atoms with E-state index in [1.165, 1.54) is 27.0 Å². The lowest BCUT2D eigenvalue weighted by atomic mass is 9.90. The Morgan fingerprint density at radius 2 is 2.00 bits per heavy atom. The Labute approximate surface area is 140 Å². The quantitative estimate of drug-likeness (QED) is 0.669. The van der Waals surface area contributed by atoms with E-state index in [2.05, 4.69) is 60.8 Å². The van der Waals surface area contributed by atoms with Crippen LogP contribution in [-0.4, -0.2) is 10.7 Å². The minimum atomic E-state index is 0.865. The number of aryl methyl sites for hydroxylation is 3. The number of thiazole rings is 1. The van der Waals surface area contributed by atoms with Gasteiger partial charge in [-0.2, -0.15) is 5.10 Å². The van der Waals surface area contributed by atoms with Gasteiger partial charge < -0.3 is 0 Å². The highest BCUT2D eigenvalue weighted by Gasteiger charge is 2.15. The summed E-state index contributed by atoms with van der Waals surface area (Å²) in [5.74, 6) is 0. The van der Waals surface area contributed by atoms with Crippen LogP contribution in [0.4, 0.5) is 5.13 Å². The van der Waals surface area contributed by atoms with Crippen LogP contribution in [0.5, 0.6) is 0 Å². The van der Waals surface area contributed by atoms with Crippen molar-refractivity contribution in [3.05, 3.63) is 58.7 Å². The molecule has 0 unspecified atom stereocenters. The zero-order valence-corrected chi connectivity index (χ0v) is 14.2. The summed E-state index contributed by atoms with van der Waals surface area (Å²) in [6.45, 7) is 4.24. The van der Waals surface area contributed by atoms with Crippen LogP contribution in [0, 0.1) is 13.8 Å². The van der Waals surface area contributed by atoms with Crippen molar-refractivity contribution in [3.8, 4) is 0 Å². The third-order valence-electron chi connectivity index (χ3n) is 4.30. The van der Waals surface area contributed by atoms with E-state index in [1.807, 2.05) is 0 Å². The van der Waals surface area contributed by atoms with Crippen LogP contribution in [0.3, 0.4) is 0 Å². The molecule has 3 aromatic rings. The summed E-state index contributed by atoms with van der Waals surface area (Å²) in [7, 11) is 0. The summed E-state index contributed by atoms with van der Waals surface area (Å²) in [4.78, 5) is 4.69. The number of anilines is 1. The molecule has 4 heteroatoms. The van der Waals surface area contributed by atoms with Crippen molar-refractivity contribution in [2.75, 3.05) is 5.43 Å². The molecule has 23 heavy (non-hydrogen) atoms. The largest absolute Gasteiger partial charge is 0.252 e. The maximum absolute atomic E-state index is 4.69. The fourth-order valence-corrected chi connectivity index (χ4v) is 4.24. The first-order valence-corrected chi connectivity index (χ1v) is 8.81. The molecule has 4 rings (SSSR count). The maximum Gasteiger partial charge on any atom is 0.204 e. The number of hydrazone groups is 1. The molecule has 0 fully saturated rings. The fraction of sp³-hybridized carbons (Fsp3) is 0.263. The van der Waals surface area contributed by atoms with Crippen molar-refractivity contribution in [1.29, 1.82) is 0 Å². The standard InChI is InChI=1S/C19H19N3S/c1-12-10-13(2)18-17(11-12)23-19(20-18)22-21-16-9-5-7-14-6-3-4-8-15(14)16/h3-4,6,8,10-11H,5,7,9H2,1-2H3,(H,20,22)/b21-16-. The molecule has 2 aromatic carbocycles. The summed E-state index contributed by atoms with van der Waals surface area (Å²) >= 11 is 1.67. The zero-order valence-electron chi connectivity index (χ0n) is 13.4. The second-order valence-electron chi connectivity index (χ2n) is 6.13. The van der Waals surface area contributed by atoms with Gasteiger partial charge in [-0.15, -0.1) is 0 Å². The van der Waals surface area contributed by atoms with Gasteiger partial charge in [-0.05, 0) is 55.9 Å². The van der Waals surface area contributed by atoms with E-state index in [4.69, 9.17) is 4.98 Å². The number of hydrogen-bond acceptors (Lipinski definition) is 4. The molecule has 1 N–H and O–H groups in total. The highest BCUT2D eigenvalue weighted by Crippen LogP contribution is 2.29. The van der Waals surface area contributed by atoms with E-state index in [9.17, 15) is 0 Å². The minimum absolute atomic E-state index is 0.865. The van der Waals surface area contributed by atoms with Crippen LogP contribution in [0.25, 0.3) is 10.2 Å². The summed E-state index contributed by atoms with van der Waals surface area (Å²) in [6.07, 6.45) is 3.33. The van der Waals surface area contributed by atoms with Crippen molar-refractivity contribution in [2.24, 2.45) is 5.10 Å². The first kappa shape index (κ1) is 14.4. The smallest absolute Gasteiger partial charge is 0.204 e. The summed E-state index contributed by atoms with van der Waals surface area (Å²) in [6, 6.07) is 12.9. The lowest BCUT2D eigenvalue weighted by Gasteiger charge is -2.17. The summed E-state index contributed by atoms with van der Waals surface area (Å²) in [5.41, 5.74) is 10.6. The number of hydrogen-bond donors (Lipinski definition) is 1. The van der Waals surface area contributed by atoms with Crippen LogP contribution in [0.15, 0.2) is 41.5 Å². The van der Waals surface area contributed by atoms with E-state index in [1.54, 1.807) is 11.3 Å². The van der Waals surface area contributed by atoms with Gasteiger partial charge in [-0.25, -0.2) is 4.98 Å². The van der Waals surface area contributed by atoms with Crippen LogP contribution >= 0.6 is 11.3 Å². The lowest BCUT2D eigenvalue weighted by molar-refractivity contribution is 0.837. The molecule has 0 aliphatic heterocycles. The SMILES string of the molecule is Cc1cc(C)c2nc(N/N=C3/CCCc4ccccc43)sc2c1. The van der Waals surface area contributed by atoms with E-state index < -0.39 is 0 Å². The highest BCUT2D eigenvalue weighted by atomic mass is 32.1. The third kappa shape index (κ3) is 2.75. The average Bonchev–Trinajstić information content (AvgIpc) is 2.96. The van der Waals surface area contributed by atoms with Gasteiger partial charge in [0.1, 0.15) is 0 Å². The zero-order chi connectivity index (χ0) is 15.8. The molecule has 0 amide bonds. The van der Waals surface area contributed by atoms with E-state index in [0.29, 0.717) is 0 Å². The van der Waals surface area contributed by atoms with Crippen LogP contribution in [-0.2, 0) is 6.42 Å². The van der Waals surface area contributed by atoms with E-state index in [0.717, 1.165) is 35.6 Å². The number of benzene rings is 2. The van der Waals surface area contributed by atoms with Gasteiger partial charge in [0.15, 0.2) is 0 Å². The normalized spacial score (nSPS) is 15.8. The van der Waals surface area contributed by atoms with Crippen LogP contribution < -0.4 is 5.43 Å². The molecular weight excluding hydrogens is 302 g/mol. The predicted molar refractivity (Wildman–Crippen MR) is 98.6 cm³/mol. The Balaban J connectivity index is 1.66. The summed E-state index contributed by atoms with van der Waals surface area (Å²) < 4.78 is 1.22. The van der Waals surface area contributed by atoms with Crippen molar-refractivity contribution in [2.45, 2.75) is 33.1 Å². The summed E-state index contributed by atoms with van der Waals surface area (Å²) in [5, 5.41) is 5.52. The van der Waals surface area contributed by atoms with Crippen LogP contribution in [0.1, 0.15) is 35.1 Å². The number of nitrogens with zero attached hydrogens (tertiary/aromatic N) is 2. The molecule has 1 aromatic heterocycles. The average molecular weight is 321 g/mol. The second-order valence-corrected chi connectivity index (χ2v) is 7.16. The molecule has 0 radical (unpaired) electrons. The van der Waals surface area contributed by atoms with Crippen molar-refractivity contribution >= 4 is 32.4 Å². The first-order chi connectivity index (χ1) is 11.2. The number of nitrogens with one attached hydrogen (secondary N) is 1. The van der Waals surface area contributed by atoms with Crippen molar-refractivity contribution in [3.63, 3.8) is 0 Å². The Morgan fingerprint density at radius 3 is 2.91 bits per heavy atom. The molecule has 116 valence electrons. The number of fused-ring (bicyclic) bond motifs is 2. The van der Waals surface area contributed by atoms with Gasteiger partial charge in [0, 0.05) is 5.56 Å². The van der Waals surface area contributed by atoms with Gasteiger partial charge >= 0.3 is 0 Å². The highest BCUT2D eigenvalue weighted by molar-refractivity contribution is 7.22. The fourth-order valence-electron chi connectivity index (χ4n) is 3.25. The van der Waals surface area contributed by atoms with Crippen molar-refractivity contribution in [1.82, 2.24) is 4.98 Å². The Morgan fingerprint density at radius 1 is 1.13 bits per heavy atom. The van der Waals surface area contributed by atoms with Gasteiger partial charge in [0.05, 0.1) is 15.9 Å². The van der Waals surface area contributed by atoms with Gasteiger partial charge in [-0.3, -0.25) is 5.43 Å². The Hall–Kier alpha value is -2.20. The lowest BCUT2D eigenvalue weighted by Crippen LogP contribution is -2.13. The molecule has 0 atom stereocenters. The molecule has 0 spiro atoms. The monoisotopic (exact) mass is 321 g/mol. The van der Waals surface area contributed by atoms with Gasteiger partial charge in [0.25, 0.3) is 0 Å². The number of aromatic nitrogens is 1. The second kappa shape index (κ2) is 5.78. The third-order valence-corrected chi connectivity index (χ3v) is 5.21. The predicted octanol–water partition coefficient (Wildman–Crippen LogP) is 5.07. The molecule has 1 heterocycles. The molecule has 0 bridgehead atoms. The number of rotatable bonds is 2. The Kier molecular flexibility index (Phi) is 3.62. The van der Waals surface area contributed by atoms with Crippen molar-refractivity contribution < 1.29 is 0 Å². The molecule has 0 saturated carbocycles. The van der Waals surface area contributed by atoms with Crippen LogP contribution in [0.2, 0.25) is 0 Å². The topological polar surface area (TPSA) is 37.3 Å². The molecule has 3 nitrogen and oxygen atoms in total. The Bertz CT molecular complexity index is 908. The van der Waals surface area contributed by atoms with E-state index in [-0.39, 0.29) is 0 Å². The van der Waals surface area contributed by atoms with E-state index >= 15 is 0 Å². The molecule has 1 aliphatic carbocycles. The van der Waals surface area contributed by atoms with Gasteiger partial charge in [0.2, 0.25) is 5.13 Å². The molecule has 0 saturated heterocycles. The molecular formula is C19H19N3S. The first-order valence-electron chi connectivity index (χ1n) is 7.99. The van der Waals surface area contributed by atoms with Gasteiger partial charge in [-0.1, -0.05) is 41.7 Å².